The van der Waals surface area contributed by atoms with Gasteiger partial charge in [-0.2, -0.15) is 19.1 Å². The first-order valence-corrected chi connectivity index (χ1v) is 5.56. The molecule has 0 spiro atoms. The van der Waals surface area contributed by atoms with Gasteiger partial charge in [0.25, 0.3) is 0 Å². The first-order chi connectivity index (χ1) is 7.41. The van der Waals surface area contributed by atoms with Gasteiger partial charge in [0, 0.05) is 0 Å². The molecule has 0 atom stereocenters. The van der Waals surface area contributed by atoms with Crippen molar-refractivity contribution in [1.29, 1.82) is 0 Å². The fraction of sp³-hybridized carbons (Fsp3) is 0.400. The summed E-state index contributed by atoms with van der Waals surface area (Å²) >= 11 is 0. The Bertz CT molecular complexity index is 155. The molecule has 0 aliphatic heterocycles. The molecule has 0 unspecified atom stereocenters. The molecule has 0 nitrogen and oxygen atoms in total. The Morgan fingerprint density at radius 2 is 1.25 bits per heavy atom. The third-order valence-corrected chi connectivity index (χ3v) is 1.17. The van der Waals surface area contributed by atoms with Crippen molar-refractivity contribution in [2.75, 3.05) is 0 Å². The molecule has 16 heavy (non-hydrogen) atoms. The molecular formula is C15H23Fe. The summed E-state index contributed by atoms with van der Waals surface area (Å²) < 4.78 is 0. The van der Waals surface area contributed by atoms with Gasteiger partial charge >= 0.3 is 17.1 Å². The van der Waals surface area contributed by atoms with Crippen LogP contribution in [0.15, 0.2) is 36.5 Å². The Morgan fingerprint density at radius 3 is 1.31 bits per heavy atom. The van der Waals surface area contributed by atoms with Gasteiger partial charge in [-0.15, -0.1) is 12.8 Å². The molecule has 0 N–H and O–H groups in total. The van der Waals surface area contributed by atoms with Crippen molar-refractivity contribution in [1.82, 2.24) is 0 Å². The van der Waals surface area contributed by atoms with Crippen LogP contribution in [-0.2, 0) is 17.1 Å². The van der Waals surface area contributed by atoms with Gasteiger partial charge in [0.05, 0.1) is 0 Å². The van der Waals surface area contributed by atoms with Crippen molar-refractivity contribution in [3.8, 4) is 0 Å². The molecule has 0 amide bonds. The molecule has 0 fully saturated rings. The molecular weight excluding hydrogens is 236 g/mol. The summed E-state index contributed by atoms with van der Waals surface area (Å²) in [4.78, 5) is 0. The summed E-state index contributed by atoms with van der Waals surface area (Å²) in [6, 6.07) is 0. The molecule has 1 radical (unpaired) electrons. The summed E-state index contributed by atoms with van der Waals surface area (Å²) in [7, 11) is 0. The molecule has 0 saturated carbocycles. The van der Waals surface area contributed by atoms with E-state index in [-0.39, 0.29) is 17.1 Å². The molecule has 0 aromatic heterocycles. The molecule has 91 valence electrons. The van der Waals surface area contributed by atoms with Crippen molar-refractivity contribution in [3.05, 3.63) is 55.5 Å². The third-order valence-electron chi connectivity index (χ3n) is 1.17. The number of hydrogen-bond donors (Lipinski definition) is 0. The summed E-state index contributed by atoms with van der Waals surface area (Å²) in [6.45, 7) is 9.25. The van der Waals surface area contributed by atoms with E-state index in [1.807, 2.05) is 24.3 Å². The predicted molar refractivity (Wildman–Crippen MR) is 70.1 cm³/mol. The molecule has 0 aromatic rings. The fourth-order valence-electron chi connectivity index (χ4n) is 0.680. The molecule has 1 heteroatoms. The maximum atomic E-state index is 3.25. The van der Waals surface area contributed by atoms with Crippen molar-refractivity contribution in [2.24, 2.45) is 0 Å². The van der Waals surface area contributed by atoms with Gasteiger partial charge in [-0.1, -0.05) is 20.3 Å². The SMILES string of the molecule is CCC.[C-]1=CC=CC1.[C-]1=CC=CC1.[CH2-]C.[Fe+3]. The van der Waals surface area contributed by atoms with E-state index in [9.17, 15) is 0 Å². The van der Waals surface area contributed by atoms with Crippen LogP contribution < -0.4 is 0 Å². The fourth-order valence-corrected chi connectivity index (χ4v) is 0.680. The second-order valence-electron chi connectivity index (χ2n) is 2.71. The van der Waals surface area contributed by atoms with E-state index < -0.39 is 0 Å². The molecule has 2 aliphatic carbocycles. The van der Waals surface area contributed by atoms with Gasteiger partial charge in [-0.05, 0) is 0 Å². The first kappa shape index (κ1) is 20.8. The van der Waals surface area contributed by atoms with Crippen molar-refractivity contribution in [3.63, 3.8) is 0 Å². The maximum absolute atomic E-state index is 3.25. The topological polar surface area (TPSA) is 0 Å². The van der Waals surface area contributed by atoms with Crippen molar-refractivity contribution < 1.29 is 17.1 Å². The Hall–Kier alpha value is -0.521. The zero-order valence-corrected chi connectivity index (χ0v) is 11.8. The second kappa shape index (κ2) is 24.0. The average Bonchev–Trinajstić information content (AvgIpc) is 3.01. The molecule has 0 heterocycles. The summed E-state index contributed by atoms with van der Waals surface area (Å²) in [5.41, 5.74) is 0. The monoisotopic (exact) mass is 259 g/mol. The molecule has 0 saturated heterocycles. The number of hydrogen-bond acceptors (Lipinski definition) is 0. The smallest absolute Gasteiger partial charge is 0.346 e. The van der Waals surface area contributed by atoms with Crippen LogP contribution in [0.1, 0.15) is 40.0 Å². The van der Waals surface area contributed by atoms with E-state index in [1.54, 1.807) is 6.92 Å². The summed E-state index contributed by atoms with van der Waals surface area (Å²) in [5.74, 6) is 0. The summed E-state index contributed by atoms with van der Waals surface area (Å²) in [5, 5.41) is 0. The van der Waals surface area contributed by atoms with E-state index in [1.165, 1.54) is 6.42 Å². The largest absolute Gasteiger partial charge is 3.00 e. The standard InChI is InChI=1S/2C5H5.C3H8.C2H5.Fe/c2*1-2-4-5-3-1;1-3-2;1-2;/h2*1-3H,4H2;3H2,1-2H3;1H2,2H3;/q2*-1;;-1;+3. The maximum Gasteiger partial charge on any atom is 3.00 e. The Morgan fingerprint density at radius 1 is 0.938 bits per heavy atom. The van der Waals surface area contributed by atoms with Crippen molar-refractivity contribution in [2.45, 2.75) is 40.0 Å². The van der Waals surface area contributed by atoms with Gasteiger partial charge in [-0.3, -0.25) is 12.2 Å². The van der Waals surface area contributed by atoms with Crippen LogP contribution in [-0.4, -0.2) is 0 Å². The summed E-state index contributed by atoms with van der Waals surface area (Å²) in [6.07, 6.45) is 21.3. The minimum atomic E-state index is 0. The molecule has 2 rings (SSSR count). The van der Waals surface area contributed by atoms with Gasteiger partial charge in [0.15, 0.2) is 0 Å². The van der Waals surface area contributed by atoms with Crippen LogP contribution in [0.25, 0.3) is 0 Å². The molecule has 0 bridgehead atoms. The van der Waals surface area contributed by atoms with Crippen LogP contribution >= 0.6 is 0 Å². The predicted octanol–water partition coefficient (Wildman–Crippen LogP) is 4.87. The third kappa shape index (κ3) is 23.4. The van der Waals surface area contributed by atoms with E-state index in [0.29, 0.717) is 0 Å². The van der Waals surface area contributed by atoms with Crippen LogP contribution in [0.2, 0.25) is 0 Å². The van der Waals surface area contributed by atoms with E-state index >= 15 is 0 Å². The van der Waals surface area contributed by atoms with E-state index in [4.69, 9.17) is 0 Å². The van der Waals surface area contributed by atoms with Crippen LogP contribution in [0.3, 0.4) is 0 Å². The van der Waals surface area contributed by atoms with E-state index in [0.717, 1.165) is 12.8 Å². The molecule has 0 aromatic carbocycles. The van der Waals surface area contributed by atoms with Crippen LogP contribution in [0.4, 0.5) is 0 Å². The quantitative estimate of drug-likeness (QED) is 0.430. The number of allylic oxidation sites excluding steroid dienone is 8. The van der Waals surface area contributed by atoms with Crippen LogP contribution in [0.5, 0.6) is 0 Å². The minimum absolute atomic E-state index is 0. The zero-order valence-electron chi connectivity index (χ0n) is 10.6. The van der Waals surface area contributed by atoms with Crippen molar-refractivity contribution >= 4 is 0 Å². The van der Waals surface area contributed by atoms with E-state index in [2.05, 4.69) is 45.1 Å². The Balaban J connectivity index is -0.000000147. The average molecular weight is 259 g/mol. The normalized spacial score (nSPS) is 12.5. The second-order valence-corrected chi connectivity index (χ2v) is 2.71. The minimum Gasteiger partial charge on any atom is -0.346 e. The first-order valence-electron chi connectivity index (χ1n) is 5.56. The van der Waals surface area contributed by atoms with Gasteiger partial charge < -0.3 is 6.92 Å². The van der Waals surface area contributed by atoms with Gasteiger partial charge in [0.1, 0.15) is 0 Å². The van der Waals surface area contributed by atoms with Gasteiger partial charge in [-0.25, -0.2) is 24.3 Å². The Kier molecular flexibility index (Phi) is 31.2. The zero-order chi connectivity index (χ0) is 11.8. The Labute approximate surface area is 113 Å². The van der Waals surface area contributed by atoms with Crippen LogP contribution in [0, 0.1) is 19.1 Å². The number of rotatable bonds is 0. The molecule has 2 aliphatic rings. The van der Waals surface area contributed by atoms with Gasteiger partial charge in [0.2, 0.25) is 0 Å².